The van der Waals surface area contributed by atoms with E-state index < -0.39 is 6.61 Å². The molecule has 0 aliphatic rings. The molecule has 2 aromatic rings. The molecule has 0 N–H and O–H groups in total. The number of benzene rings is 1. The van der Waals surface area contributed by atoms with Crippen LogP contribution in [0.25, 0.3) is 5.69 Å². The van der Waals surface area contributed by atoms with Crippen molar-refractivity contribution in [3.05, 3.63) is 41.6 Å². The van der Waals surface area contributed by atoms with Crippen LogP contribution in [0.1, 0.15) is 11.1 Å². The summed E-state index contributed by atoms with van der Waals surface area (Å²) in [4.78, 5) is 0. The molecule has 90 valence electrons. The summed E-state index contributed by atoms with van der Waals surface area (Å²) in [6, 6.07) is 7.18. The fourth-order valence-electron chi connectivity index (χ4n) is 1.47. The maximum atomic E-state index is 12.0. The molecule has 5 heteroatoms. The Morgan fingerprint density at radius 2 is 1.94 bits per heavy atom. The van der Waals surface area contributed by atoms with E-state index in [1.165, 1.54) is 16.3 Å². The Balaban J connectivity index is 2.27. The average molecular weight is 238 g/mol. The van der Waals surface area contributed by atoms with Gasteiger partial charge in [0.05, 0.1) is 5.69 Å². The van der Waals surface area contributed by atoms with Gasteiger partial charge in [0.2, 0.25) is 5.88 Å². The lowest BCUT2D eigenvalue weighted by Gasteiger charge is -2.05. The van der Waals surface area contributed by atoms with Crippen LogP contribution in [0.3, 0.4) is 0 Å². The molecule has 0 spiro atoms. The zero-order valence-electron chi connectivity index (χ0n) is 9.52. The summed E-state index contributed by atoms with van der Waals surface area (Å²) in [6.45, 7) is 1.14. The Kier molecular flexibility index (Phi) is 3.08. The van der Waals surface area contributed by atoms with Gasteiger partial charge < -0.3 is 4.74 Å². The molecule has 1 aromatic carbocycles. The molecule has 0 aliphatic heterocycles. The third kappa shape index (κ3) is 2.61. The summed E-state index contributed by atoms with van der Waals surface area (Å²) >= 11 is 0. The van der Waals surface area contributed by atoms with Crippen LogP contribution in [0.2, 0.25) is 0 Å². The third-order valence-electron chi connectivity index (χ3n) is 2.53. The predicted octanol–water partition coefficient (Wildman–Crippen LogP) is 3.09. The zero-order chi connectivity index (χ0) is 12.4. The fraction of sp³-hybridized carbons (Fsp3) is 0.250. The number of nitrogens with zero attached hydrogens (tertiary/aromatic N) is 2. The van der Waals surface area contributed by atoms with Gasteiger partial charge in [-0.3, -0.25) is 0 Å². The maximum Gasteiger partial charge on any atom is 0.388 e. The number of hydrogen-bond acceptors (Lipinski definition) is 2. The second-order valence-electron chi connectivity index (χ2n) is 3.75. The lowest BCUT2D eigenvalue weighted by molar-refractivity contribution is -0.0530. The van der Waals surface area contributed by atoms with E-state index in [0.717, 1.165) is 11.3 Å². The molecule has 0 unspecified atom stereocenters. The molecule has 3 nitrogen and oxygen atoms in total. The first-order valence-corrected chi connectivity index (χ1v) is 5.14. The Morgan fingerprint density at radius 3 is 2.59 bits per heavy atom. The summed E-state index contributed by atoms with van der Waals surface area (Å²) in [5.74, 6) is -0.0850. The molecular formula is C12H12F2N2O. The molecule has 2 rings (SSSR count). The second-order valence-corrected chi connectivity index (χ2v) is 3.75. The molecule has 1 heterocycles. The monoisotopic (exact) mass is 238 g/mol. The van der Waals surface area contributed by atoms with Crippen LogP contribution in [0.15, 0.2) is 30.5 Å². The van der Waals surface area contributed by atoms with Crippen LogP contribution in [0, 0.1) is 13.8 Å². The number of hydrogen-bond donors (Lipinski definition) is 0. The lowest BCUT2D eigenvalue weighted by atomic mass is 10.1. The molecule has 0 saturated carbocycles. The van der Waals surface area contributed by atoms with Gasteiger partial charge in [-0.1, -0.05) is 6.07 Å². The minimum Gasteiger partial charge on any atom is -0.415 e. The first-order chi connectivity index (χ1) is 8.06. The van der Waals surface area contributed by atoms with Gasteiger partial charge in [0, 0.05) is 12.3 Å². The van der Waals surface area contributed by atoms with Gasteiger partial charge in [-0.15, -0.1) is 5.10 Å². The predicted molar refractivity (Wildman–Crippen MR) is 59.7 cm³/mol. The van der Waals surface area contributed by atoms with Gasteiger partial charge >= 0.3 is 6.61 Å². The Morgan fingerprint density at radius 1 is 1.18 bits per heavy atom. The van der Waals surface area contributed by atoms with Crippen LogP contribution in [0.5, 0.6) is 5.88 Å². The van der Waals surface area contributed by atoms with Crippen molar-refractivity contribution >= 4 is 0 Å². The van der Waals surface area contributed by atoms with E-state index in [9.17, 15) is 8.78 Å². The number of aromatic nitrogens is 2. The largest absolute Gasteiger partial charge is 0.415 e. The van der Waals surface area contributed by atoms with Gasteiger partial charge in [-0.25, -0.2) is 4.68 Å². The van der Waals surface area contributed by atoms with Crippen molar-refractivity contribution in [2.24, 2.45) is 0 Å². The molecule has 17 heavy (non-hydrogen) atoms. The summed E-state index contributed by atoms with van der Waals surface area (Å²) in [7, 11) is 0. The minimum atomic E-state index is -2.85. The standard InChI is InChI=1S/C12H12F2N2O/c1-8-3-4-10(7-9(8)2)16-6-5-11(15-16)17-12(13)14/h3-7,12H,1-2H3. The first-order valence-electron chi connectivity index (χ1n) is 5.14. The fourth-order valence-corrected chi connectivity index (χ4v) is 1.47. The maximum absolute atomic E-state index is 12.0. The van der Waals surface area contributed by atoms with E-state index in [0.29, 0.717) is 0 Å². The SMILES string of the molecule is Cc1ccc(-n2ccc(OC(F)F)n2)cc1C. The van der Waals surface area contributed by atoms with Crippen LogP contribution in [0.4, 0.5) is 8.78 Å². The molecule has 0 radical (unpaired) electrons. The smallest absolute Gasteiger partial charge is 0.388 e. The van der Waals surface area contributed by atoms with Crippen LogP contribution < -0.4 is 4.74 Å². The highest BCUT2D eigenvalue weighted by molar-refractivity contribution is 5.39. The molecule has 0 atom stereocenters. The van der Waals surface area contributed by atoms with E-state index in [4.69, 9.17) is 0 Å². The first kappa shape index (κ1) is 11.6. The van der Waals surface area contributed by atoms with Crippen molar-refractivity contribution in [3.63, 3.8) is 0 Å². The summed E-state index contributed by atoms with van der Waals surface area (Å²) in [6.07, 6.45) is 1.59. The van der Waals surface area contributed by atoms with Crippen molar-refractivity contribution in [1.29, 1.82) is 0 Å². The number of ether oxygens (including phenoxy) is 1. The molecule has 0 bridgehead atoms. The van der Waals surface area contributed by atoms with Gasteiger partial charge in [0.1, 0.15) is 0 Å². The van der Waals surface area contributed by atoms with Crippen LogP contribution >= 0.6 is 0 Å². The topological polar surface area (TPSA) is 27.1 Å². The number of alkyl halides is 2. The number of halogens is 2. The van der Waals surface area contributed by atoms with Gasteiger partial charge in [0.15, 0.2) is 0 Å². The average Bonchev–Trinajstić information content (AvgIpc) is 2.69. The Labute approximate surface area is 97.6 Å². The molecule has 0 saturated heterocycles. The number of aryl methyl sites for hydroxylation is 2. The van der Waals surface area contributed by atoms with E-state index in [2.05, 4.69) is 9.84 Å². The Hall–Kier alpha value is -1.91. The second kappa shape index (κ2) is 4.53. The van der Waals surface area contributed by atoms with Crippen LogP contribution in [-0.4, -0.2) is 16.4 Å². The van der Waals surface area contributed by atoms with E-state index in [1.807, 2.05) is 32.0 Å². The summed E-state index contributed by atoms with van der Waals surface area (Å²) < 4.78 is 29.7. The highest BCUT2D eigenvalue weighted by Crippen LogP contribution is 2.16. The molecule has 0 aliphatic carbocycles. The highest BCUT2D eigenvalue weighted by atomic mass is 19.3. The normalized spacial score (nSPS) is 10.9. The molecule has 1 aromatic heterocycles. The van der Waals surface area contributed by atoms with E-state index in [1.54, 1.807) is 6.20 Å². The van der Waals surface area contributed by atoms with E-state index in [-0.39, 0.29) is 5.88 Å². The highest BCUT2D eigenvalue weighted by Gasteiger charge is 2.08. The summed E-state index contributed by atoms with van der Waals surface area (Å²) in [5, 5.41) is 3.91. The quantitative estimate of drug-likeness (QED) is 0.821. The zero-order valence-corrected chi connectivity index (χ0v) is 9.52. The van der Waals surface area contributed by atoms with Gasteiger partial charge in [-0.05, 0) is 37.1 Å². The Bertz CT molecular complexity index is 523. The minimum absolute atomic E-state index is 0.0850. The summed E-state index contributed by atoms with van der Waals surface area (Å²) in [5.41, 5.74) is 3.11. The van der Waals surface area contributed by atoms with Crippen LogP contribution in [-0.2, 0) is 0 Å². The van der Waals surface area contributed by atoms with Crippen molar-refractivity contribution < 1.29 is 13.5 Å². The molecule has 0 fully saturated rings. The van der Waals surface area contributed by atoms with Crippen molar-refractivity contribution in [2.75, 3.05) is 0 Å². The third-order valence-corrected chi connectivity index (χ3v) is 2.53. The molecular weight excluding hydrogens is 226 g/mol. The van der Waals surface area contributed by atoms with E-state index >= 15 is 0 Å². The molecule has 0 amide bonds. The van der Waals surface area contributed by atoms with Gasteiger partial charge in [-0.2, -0.15) is 8.78 Å². The van der Waals surface area contributed by atoms with Crippen molar-refractivity contribution in [2.45, 2.75) is 20.5 Å². The van der Waals surface area contributed by atoms with Crippen molar-refractivity contribution in [1.82, 2.24) is 9.78 Å². The van der Waals surface area contributed by atoms with Crippen molar-refractivity contribution in [3.8, 4) is 11.6 Å². The lowest BCUT2D eigenvalue weighted by Crippen LogP contribution is -2.03. The van der Waals surface area contributed by atoms with Gasteiger partial charge in [0.25, 0.3) is 0 Å². The number of rotatable bonds is 3.